The summed E-state index contributed by atoms with van der Waals surface area (Å²) in [6.45, 7) is 4.57. The van der Waals surface area contributed by atoms with Crippen LogP contribution in [-0.4, -0.2) is 47.7 Å². The number of amides is 3. The Balaban J connectivity index is 1.43. The molecule has 3 amide bonds. The van der Waals surface area contributed by atoms with Gasteiger partial charge in [-0.25, -0.2) is 4.79 Å². The number of benzene rings is 2. The molecule has 1 aliphatic carbocycles. The van der Waals surface area contributed by atoms with E-state index in [1.807, 2.05) is 30.3 Å². The number of phenols is 1. The fourth-order valence-corrected chi connectivity index (χ4v) is 6.24. The summed E-state index contributed by atoms with van der Waals surface area (Å²) in [5.74, 6) is -1.88. The van der Waals surface area contributed by atoms with Crippen LogP contribution >= 0.6 is 0 Å². The third kappa shape index (κ3) is 4.67. The van der Waals surface area contributed by atoms with Gasteiger partial charge in [0, 0.05) is 5.92 Å². The van der Waals surface area contributed by atoms with Gasteiger partial charge in [-0.1, -0.05) is 68.0 Å². The quantitative estimate of drug-likeness (QED) is 0.312. The normalized spacial score (nSPS) is 25.2. The molecule has 2 aromatic rings. The van der Waals surface area contributed by atoms with Gasteiger partial charge >= 0.3 is 6.09 Å². The van der Waals surface area contributed by atoms with Crippen molar-refractivity contribution in [1.29, 1.82) is 0 Å². The highest BCUT2D eigenvalue weighted by Crippen LogP contribution is 2.51. The summed E-state index contributed by atoms with van der Waals surface area (Å²) < 4.78 is 11.1. The Labute approximate surface area is 222 Å². The maximum Gasteiger partial charge on any atom is 0.423 e. The van der Waals surface area contributed by atoms with Gasteiger partial charge in [0.05, 0.1) is 31.7 Å². The van der Waals surface area contributed by atoms with Crippen molar-refractivity contribution in [3.63, 3.8) is 0 Å². The second-order valence-corrected chi connectivity index (χ2v) is 10.5. The second-order valence-electron chi connectivity index (χ2n) is 10.5. The van der Waals surface area contributed by atoms with Crippen LogP contribution in [-0.2, 0) is 19.1 Å². The van der Waals surface area contributed by atoms with Crippen LogP contribution < -0.4 is 0 Å². The van der Waals surface area contributed by atoms with Gasteiger partial charge in [0.1, 0.15) is 5.75 Å². The van der Waals surface area contributed by atoms with E-state index in [-0.39, 0.29) is 23.7 Å². The molecule has 0 aromatic heterocycles. The number of carbonyl (C=O) groups excluding carboxylic acids is 3. The van der Waals surface area contributed by atoms with Gasteiger partial charge in [0.2, 0.25) is 11.8 Å². The van der Waals surface area contributed by atoms with Gasteiger partial charge in [0.15, 0.2) is 0 Å². The number of fused-ring (bicyclic) bond motifs is 3. The van der Waals surface area contributed by atoms with E-state index in [0.29, 0.717) is 17.9 Å². The number of likely N-dealkylation sites (tertiary alicyclic amines) is 1. The first-order valence-electron chi connectivity index (χ1n) is 13.1. The predicted octanol–water partition coefficient (Wildman–Crippen LogP) is 5.45. The average molecular weight is 516 g/mol. The Bertz CT molecular complexity index is 1290. The van der Waals surface area contributed by atoms with Crippen molar-refractivity contribution in [3.8, 4) is 5.75 Å². The van der Waals surface area contributed by atoms with E-state index >= 15 is 0 Å². The number of carbonyl (C=O) groups is 3. The summed E-state index contributed by atoms with van der Waals surface area (Å²) in [6.07, 6.45) is 2.97. The van der Waals surface area contributed by atoms with E-state index in [1.165, 1.54) is 7.11 Å². The van der Waals surface area contributed by atoms with E-state index in [2.05, 4.69) is 32.1 Å². The van der Waals surface area contributed by atoms with Gasteiger partial charge in [-0.3, -0.25) is 9.59 Å². The Kier molecular flexibility index (Phi) is 7.21. The number of aromatic hydroxyl groups is 1. The number of phenolic OH excluding ortho intramolecular Hbond substituents is 1. The molecule has 7 nitrogen and oxygen atoms in total. The van der Waals surface area contributed by atoms with Crippen LogP contribution in [0, 0.1) is 23.7 Å². The van der Waals surface area contributed by atoms with Gasteiger partial charge < -0.3 is 14.6 Å². The number of nitrogens with zero attached hydrogens (tertiary/aromatic N) is 1. The Morgan fingerprint density at radius 1 is 1.08 bits per heavy atom. The minimum Gasteiger partial charge on any atom is -0.508 e. The summed E-state index contributed by atoms with van der Waals surface area (Å²) >= 11 is 0. The van der Waals surface area contributed by atoms with E-state index in [4.69, 9.17) is 9.47 Å². The van der Waals surface area contributed by atoms with Crippen LogP contribution in [0.15, 0.2) is 65.7 Å². The zero-order valence-electron chi connectivity index (χ0n) is 21.9. The largest absolute Gasteiger partial charge is 0.508 e. The highest BCUT2D eigenvalue weighted by Gasteiger charge is 2.59. The fraction of sp³-hybridized carbons (Fsp3) is 0.387. The number of imide groups is 3. The molecular formula is C31H33NO6. The predicted molar refractivity (Wildman–Crippen MR) is 143 cm³/mol. The molecule has 0 radical (unpaired) electrons. The molecule has 3 aliphatic rings. The summed E-state index contributed by atoms with van der Waals surface area (Å²) in [6, 6.07) is 17.3. The number of hydrogen-bond acceptors (Lipinski definition) is 6. The van der Waals surface area contributed by atoms with E-state index in [9.17, 15) is 19.5 Å². The molecular weight excluding hydrogens is 482 g/mol. The van der Waals surface area contributed by atoms with Crippen LogP contribution in [0.25, 0.3) is 11.6 Å². The summed E-state index contributed by atoms with van der Waals surface area (Å²) in [5, 5.41) is 9.68. The minimum atomic E-state index is -0.913. The first kappa shape index (κ1) is 25.9. The molecule has 0 bridgehead atoms. The molecule has 2 aliphatic heterocycles. The van der Waals surface area contributed by atoms with Gasteiger partial charge in [-0.05, 0) is 59.6 Å². The molecule has 0 spiro atoms. The third-order valence-corrected chi connectivity index (χ3v) is 8.05. The molecule has 4 atom stereocenters. The molecule has 2 heterocycles. The van der Waals surface area contributed by atoms with E-state index < -0.39 is 29.7 Å². The summed E-state index contributed by atoms with van der Waals surface area (Å²) in [4.78, 5) is 39.2. The topological polar surface area (TPSA) is 93.1 Å². The lowest BCUT2D eigenvalue weighted by molar-refractivity contribution is -0.137. The highest BCUT2D eigenvalue weighted by atomic mass is 16.5. The lowest BCUT2D eigenvalue weighted by Crippen LogP contribution is -2.38. The monoisotopic (exact) mass is 515 g/mol. The summed E-state index contributed by atoms with van der Waals surface area (Å²) in [7, 11) is 1.18. The molecule has 5 rings (SSSR count). The van der Waals surface area contributed by atoms with Crippen molar-refractivity contribution in [2.45, 2.75) is 39.2 Å². The molecule has 2 aromatic carbocycles. The van der Waals surface area contributed by atoms with Crippen molar-refractivity contribution in [3.05, 3.63) is 76.9 Å². The van der Waals surface area contributed by atoms with Crippen LogP contribution in [0.3, 0.4) is 0 Å². The van der Waals surface area contributed by atoms with Crippen molar-refractivity contribution in [1.82, 2.24) is 4.90 Å². The highest BCUT2D eigenvalue weighted by molar-refractivity contribution is 6.16. The van der Waals surface area contributed by atoms with Crippen LogP contribution in [0.5, 0.6) is 5.75 Å². The van der Waals surface area contributed by atoms with Crippen molar-refractivity contribution in [2.75, 3.05) is 13.7 Å². The smallest absolute Gasteiger partial charge is 0.423 e. The maximum absolute atomic E-state index is 13.3. The Hall–Kier alpha value is -3.71. The van der Waals surface area contributed by atoms with Gasteiger partial charge in [-0.15, -0.1) is 0 Å². The van der Waals surface area contributed by atoms with Gasteiger partial charge in [-0.2, -0.15) is 4.90 Å². The van der Waals surface area contributed by atoms with Gasteiger partial charge in [0.25, 0.3) is 0 Å². The first-order valence-corrected chi connectivity index (χ1v) is 13.1. The molecule has 0 saturated carbocycles. The number of ether oxygens (including phenoxy) is 2. The third-order valence-electron chi connectivity index (χ3n) is 8.05. The molecule has 0 unspecified atom stereocenters. The number of rotatable bonds is 6. The fourth-order valence-electron chi connectivity index (χ4n) is 6.24. The first-order chi connectivity index (χ1) is 18.3. The SMILES string of the molecule is COC(=O)N1C(=O)[C@@H]2[C@@H](CC(C(C)C)=C3[C@@H](CC/C(=C/c4ccc(O)cc4)c4ccccc4)OC[C@@H]32)C1=O. The summed E-state index contributed by atoms with van der Waals surface area (Å²) in [5.41, 5.74) is 5.55. The molecule has 38 heavy (non-hydrogen) atoms. The van der Waals surface area contributed by atoms with Crippen LogP contribution in [0.1, 0.15) is 44.2 Å². The Morgan fingerprint density at radius 3 is 2.45 bits per heavy atom. The Morgan fingerprint density at radius 2 is 1.79 bits per heavy atom. The number of hydrogen-bond donors (Lipinski definition) is 1. The molecule has 7 heteroatoms. The van der Waals surface area contributed by atoms with Crippen LogP contribution in [0.4, 0.5) is 4.79 Å². The van der Waals surface area contributed by atoms with Crippen molar-refractivity contribution < 1.29 is 29.0 Å². The lowest BCUT2D eigenvalue weighted by Gasteiger charge is -2.33. The molecule has 198 valence electrons. The zero-order chi connectivity index (χ0) is 27.0. The second kappa shape index (κ2) is 10.6. The number of allylic oxidation sites excluding steroid dienone is 2. The molecule has 2 saturated heterocycles. The average Bonchev–Trinajstić information content (AvgIpc) is 3.45. The van der Waals surface area contributed by atoms with E-state index in [0.717, 1.165) is 40.7 Å². The van der Waals surface area contributed by atoms with Crippen molar-refractivity contribution >= 4 is 29.6 Å². The van der Waals surface area contributed by atoms with E-state index in [1.54, 1.807) is 12.1 Å². The van der Waals surface area contributed by atoms with Crippen molar-refractivity contribution in [2.24, 2.45) is 23.7 Å². The standard InChI is InChI=1S/C31H33NO6/c1-18(2)23-16-24-28(30(35)32(29(24)34)31(36)37-3)25-17-38-26(27(23)25)14-11-21(20-7-5-4-6-8-20)15-19-9-12-22(33)13-10-19/h4-10,12-13,15,18,24-26,28,33H,11,14,16-17H2,1-3H3/b21-15-/t24-,25+,26-,28-/m1/s1. The van der Waals surface area contributed by atoms with Crippen LogP contribution in [0.2, 0.25) is 0 Å². The molecule has 1 N–H and O–H groups in total. The zero-order valence-corrected chi connectivity index (χ0v) is 21.9. The molecule has 2 fully saturated rings. The number of methoxy groups -OCH3 is 1. The lowest BCUT2D eigenvalue weighted by atomic mass is 9.67. The maximum atomic E-state index is 13.3. The minimum absolute atomic E-state index is 0.166.